The van der Waals surface area contributed by atoms with Crippen molar-refractivity contribution >= 4 is 17.9 Å². The van der Waals surface area contributed by atoms with Gasteiger partial charge in [0.25, 0.3) is 0 Å². The Labute approximate surface area is 493 Å². The summed E-state index contributed by atoms with van der Waals surface area (Å²) in [5, 5.41) is 0. The van der Waals surface area contributed by atoms with Crippen molar-refractivity contribution in [2.45, 2.75) is 412 Å². The molecule has 0 aromatic carbocycles. The summed E-state index contributed by atoms with van der Waals surface area (Å²) in [6.45, 7) is 6.72. The normalized spacial score (nSPS) is 11.7. The van der Waals surface area contributed by atoms with E-state index in [0.717, 1.165) is 57.8 Å². The van der Waals surface area contributed by atoms with Crippen molar-refractivity contribution in [2.24, 2.45) is 0 Å². The topological polar surface area (TPSA) is 78.9 Å². The van der Waals surface area contributed by atoms with E-state index in [2.05, 4.69) is 45.1 Å². The molecule has 6 heteroatoms. The molecule has 0 saturated heterocycles. The zero-order valence-electron chi connectivity index (χ0n) is 53.7. The molecular weight excluding hydrogens is 973 g/mol. The molecule has 0 aliphatic rings. The van der Waals surface area contributed by atoms with Gasteiger partial charge in [-0.15, -0.1) is 0 Å². The second kappa shape index (κ2) is 68.4. The number of unbranched alkanes of at least 4 members (excludes halogenated alkanes) is 52. The summed E-state index contributed by atoms with van der Waals surface area (Å²) in [6.07, 6.45) is 83.4. The summed E-state index contributed by atoms with van der Waals surface area (Å²) < 4.78 is 17.0. The molecule has 0 atom stereocenters. The van der Waals surface area contributed by atoms with E-state index in [-0.39, 0.29) is 31.1 Å². The van der Waals surface area contributed by atoms with Gasteiger partial charge in [-0.1, -0.05) is 340 Å². The molecule has 0 radical (unpaired) electrons. The Bertz CT molecular complexity index is 1210. The second-order valence-electron chi connectivity index (χ2n) is 24.5. The van der Waals surface area contributed by atoms with Crippen LogP contribution in [0, 0.1) is 0 Å². The van der Waals surface area contributed by atoms with E-state index < -0.39 is 6.10 Å². The van der Waals surface area contributed by atoms with Gasteiger partial charge < -0.3 is 14.2 Å². The highest BCUT2D eigenvalue weighted by Gasteiger charge is 2.19. The van der Waals surface area contributed by atoms with E-state index in [1.165, 1.54) is 308 Å². The van der Waals surface area contributed by atoms with E-state index in [1.54, 1.807) is 0 Å². The Morgan fingerprint density at radius 1 is 0.241 bits per heavy atom. The lowest BCUT2D eigenvalue weighted by Gasteiger charge is -2.18. The average Bonchev–Trinajstić information content (AvgIpc) is 3.45. The predicted octanol–water partition coefficient (Wildman–Crippen LogP) is 24.6. The van der Waals surface area contributed by atoms with Crippen LogP contribution in [0.25, 0.3) is 0 Å². The van der Waals surface area contributed by atoms with Crippen molar-refractivity contribution in [3.8, 4) is 0 Å². The maximum atomic E-state index is 13.0. The third-order valence-electron chi connectivity index (χ3n) is 16.4. The van der Waals surface area contributed by atoms with Crippen LogP contribution in [0.3, 0.4) is 0 Å². The Morgan fingerprint density at radius 3 is 0.633 bits per heavy atom. The van der Waals surface area contributed by atoms with Crippen LogP contribution in [-0.2, 0) is 28.6 Å². The smallest absolute Gasteiger partial charge is 0.306 e. The molecule has 466 valence electrons. The van der Waals surface area contributed by atoms with E-state index in [9.17, 15) is 14.4 Å². The Balaban J connectivity index is 4.30. The van der Waals surface area contributed by atoms with Gasteiger partial charge in [-0.05, 0) is 70.6 Å². The van der Waals surface area contributed by atoms with Crippen LogP contribution in [0.15, 0.2) is 24.3 Å². The lowest BCUT2D eigenvalue weighted by atomic mass is 10.0. The van der Waals surface area contributed by atoms with E-state index in [4.69, 9.17) is 14.2 Å². The standard InChI is InChI=1S/C73H138O6/c1-4-7-10-13-16-19-22-25-28-31-34-36-39-41-44-47-50-53-56-59-62-65-71(74)77-68-70(79-73(76)67-64-61-58-55-52-49-46-43-38-33-30-27-24-21-18-15-12-9-6-3)69-78-72(75)66-63-60-57-54-51-48-45-42-40-37-35-32-29-26-23-20-17-14-11-8-5-2/h25-26,28-29,70H,4-24,27,30-69H2,1-3H3/b28-25-,29-26-. The highest BCUT2D eigenvalue weighted by molar-refractivity contribution is 5.71. The quantitative estimate of drug-likeness (QED) is 0.0261. The van der Waals surface area contributed by atoms with Gasteiger partial charge in [0.2, 0.25) is 0 Å². The third-order valence-corrected chi connectivity index (χ3v) is 16.4. The van der Waals surface area contributed by atoms with Gasteiger partial charge >= 0.3 is 17.9 Å². The zero-order valence-corrected chi connectivity index (χ0v) is 53.7. The van der Waals surface area contributed by atoms with E-state index >= 15 is 0 Å². The summed E-state index contributed by atoms with van der Waals surface area (Å²) >= 11 is 0. The number of hydrogen-bond acceptors (Lipinski definition) is 6. The lowest BCUT2D eigenvalue weighted by molar-refractivity contribution is -0.167. The van der Waals surface area contributed by atoms with Gasteiger partial charge in [0.1, 0.15) is 13.2 Å². The number of allylic oxidation sites excluding steroid dienone is 4. The molecule has 0 aromatic heterocycles. The summed E-state index contributed by atoms with van der Waals surface area (Å²) in [6, 6.07) is 0. The number of carbonyl (C=O) groups is 3. The summed E-state index contributed by atoms with van der Waals surface area (Å²) in [5.41, 5.74) is 0. The number of carbonyl (C=O) groups excluding carboxylic acids is 3. The van der Waals surface area contributed by atoms with Gasteiger partial charge in [-0.3, -0.25) is 14.4 Å². The first-order chi connectivity index (χ1) is 39.0. The van der Waals surface area contributed by atoms with E-state index in [1.807, 2.05) is 0 Å². The molecule has 79 heavy (non-hydrogen) atoms. The molecule has 0 spiro atoms. The number of ether oxygens (including phenoxy) is 3. The van der Waals surface area contributed by atoms with Gasteiger partial charge in [0, 0.05) is 19.3 Å². The minimum absolute atomic E-state index is 0.0658. The molecular formula is C73H138O6. The van der Waals surface area contributed by atoms with Crippen molar-refractivity contribution in [3.63, 3.8) is 0 Å². The average molecular weight is 1110 g/mol. The predicted molar refractivity (Wildman–Crippen MR) is 344 cm³/mol. The highest BCUT2D eigenvalue weighted by atomic mass is 16.6. The van der Waals surface area contributed by atoms with Gasteiger partial charge in [-0.2, -0.15) is 0 Å². The van der Waals surface area contributed by atoms with Crippen molar-refractivity contribution in [3.05, 3.63) is 24.3 Å². The molecule has 0 aromatic rings. The Morgan fingerprint density at radius 2 is 0.418 bits per heavy atom. The van der Waals surface area contributed by atoms with Gasteiger partial charge in [-0.25, -0.2) is 0 Å². The molecule has 0 saturated carbocycles. The van der Waals surface area contributed by atoms with Crippen LogP contribution >= 0.6 is 0 Å². The molecule has 0 unspecified atom stereocenters. The molecule has 6 nitrogen and oxygen atoms in total. The van der Waals surface area contributed by atoms with Crippen molar-refractivity contribution in [1.82, 2.24) is 0 Å². The molecule has 0 bridgehead atoms. The first-order valence-corrected chi connectivity index (χ1v) is 35.8. The summed E-state index contributed by atoms with van der Waals surface area (Å²) in [5.74, 6) is -0.832. The lowest BCUT2D eigenvalue weighted by Crippen LogP contribution is -2.30. The van der Waals surface area contributed by atoms with Crippen LogP contribution in [0.2, 0.25) is 0 Å². The molecule has 0 aliphatic carbocycles. The van der Waals surface area contributed by atoms with Crippen LogP contribution in [0.5, 0.6) is 0 Å². The molecule has 0 rings (SSSR count). The van der Waals surface area contributed by atoms with Gasteiger partial charge in [0.15, 0.2) is 6.10 Å². The van der Waals surface area contributed by atoms with Crippen LogP contribution in [0.1, 0.15) is 406 Å². The first kappa shape index (κ1) is 76.9. The zero-order chi connectivity index (χ0) is 57.1. The van der Waals surface area contributed by atoms with E-state index in [0.29, 0.717) is 19.3 Å². The monoisotopic (exact) mass is 1110 g/mol. The maximum Gasteiger partial charge on any atom is 0.306 e. The van der Waals surface area contributed by atoms with Crippen LogP contribution in [-0.4, -0.2) is 37.2 Å². The fourth-order valence-corrected chi connectivity index (χ4v) is 11.0. The molecule has 0 aliphatic heterocycles. The van der Waals surface area contributed by atoms with Crippen LogP contribution in [0.4, 0.5) is 0 Å². The molecule has 0 N–H and O–H groups in total. The molecule has 0 heterocycles. The SMILES string of the molecule is CCCCCCCC/C=C\CCCCCCCCCCCCCC(=O)OCC(COC(=O)CCCCCCCCCCCCC/C=C\CCCCCCCC)OC(=O)CCCCCCCCCCCCCCCCCCCCC. The molecule has 0 fully saturated rings. The maximum absolute atomic E-state index is 13.0. The van der Waals surface area contributed by atoms with Crippen molar-refractivity contribution in [1.29, 1.82) is 0 Å². The third kappa shape index (κ3) is 66.6. The number of hydrogen-bond donors (Lipinski definition) is 0. The first-order valence-electron chi connectivity index (χ1n) is 35.8. The fourth-order valence-electron chi connectivity index (χ4n) is 11.0. The number of rotatable bonds is 67. The van der Waals surface area contributed by atoms with Crippen molar-refractivity contribution in [2.75, 3.05) is 13.2 Å². The molecule has 0 amide bonds. The minimum atomic E-state index is -0.770. The fraction of sp³-hybridized carbons (Fsp3) is 0.904. The highest BCUT2D eigenvalue weighted by Crippen LogP contribution is 2.19. The summed E-state index contributed by atoms with van der Waals surface area (Å²) in [7, 11) is 0. The largest absolute Gasteiger partial charge is 0.462 e. The minimum Gasteiger partial charge on any atom is -0.462 e. The second-order valence-corrected chi connectivity index (χ2v) is 24.5. The number of esters is 3. The Kier molecular flexibility index (Phi) is 66.6. The Hall–Kier alpha value is -2.11. The van der Waals surface area contributed by atoms with Gasteiger partial charge in [0.05, 0.1) is 0 Å². The summed E-state index contributed by atoms with van der Waals surface area (Å²) in [4.78, 5) is 38.5. The van der Waals surface area contributed by atoms with Crippen molar-refractivity contribution < 1.29 is 28.6 Å². The van der Waals surface area contributed by atoms with Crippen LogP contribution < -0.4 is 0 Å².